The maximum Gasteiger partial charge on any atom is 0.342 e. The van der Waals surface area contributed by atoms with Crippen LogP contribution in [0.2, 0.25) is 0 Å². The molecular weight excluding hydrogens is 360 g/mol. The van der Waals surface area contributed by atoms with Gasteiger partial charge in [0.05, 0.1) is 19.8 Å². The van der Waals surface area contributed by atoms with E-state index < -0.39 is 5.97 Å². The highest BCUT2D eigenvalue weighted by Crippen LogP contribution is 2.32. The van der Waals surface area contributed by atoms with Gasteiger partial charge >= 0.3 is 5.97 Å². The zero-order valence-corrected chi connectivity index (χ0v) is 16.6. The van der Waals surface area contributed by atoms with Crippen LogP contribution < -0.4 is 9.47 Å². The van der Waals surface area contributed by atoms with Crippen LogP contribution in [0, 0.1) is 0 Å². The van der Waals surface area contributed by atoms with Crippen LogP contribution in [-0.4, -0.2) is 44.3 Å². The van der Waals surface area contributed by atoms with Crippen molar-refractivity contribution in [3.63, 3.8) is 0 Å². The SMILES string of the molecule is COc1cc(OCC2CO2)cc2c1C(=O)O[C@@H](C)CCCC(=O)CCC/C=C/2. The number of carbonyl (C=O) groups excluding carboxylic acids is 2. The molecule has 1 unspecified atom stereocenters. The zero-order chi connectivity index (χ0) is 19.9. The molecule has 2 aliphatic rings. The molecule has 0 aromatic heterocycles. The van der Waals surface area contributed by atoms with Crippen molar-refractivity contribution in [1.29, 1.82) is 0 Å². The molecule has 3 rings (SSSR count). The fraction of sp³-hybridized carbons (Fsp3) is 0.545. The monoisotopic (exact) mass is 388 g/mol. The van der Waals surface area contributed by atoms with Crippen LogP contribution in [0.3, 0.4) is 0 Å². The van der Waals surface area contributed by atoms with Crippen molar-refractivity contribution in [2.75, 3.05) is 20.3 Å². The second-order valence-corrected chi connectivity index (χ2v) is 7.30. The van der Waals surface area contributed by atoms with Gasteiger partial charge in [-0.25, -0.2) is 4.79 Å². The first-order chi connectivity index (χ1) is 13.6. The maximum atomic E-state index is 12.9. The van der Waals surface area contributed by atoms with Gasteiger partial charge in [-0.1, -0.05) is 12.2 Å². The summed E-state index contributed by atoms with van der Waals surface area (Å²) in [5, 5.41) is 0. The summed E-state index contributed by atoms with van der Waals surface area (Å²) in [5.41, 5.74) is 1.08. The van der Waals surface area contributed by atoms with E-state index in [1.54, 1.807) is 6.07 Å². The van der Waals surface area contributed by atoms with Gasteiger partial charge in [-0.05, 0) is 44.2 Å². The van der Waals surface area contributed by atoms with Gasteiger partial charge in [0.25, 0.3) is 0 Å². The number of rotatable bonds is 4. The molecule has 6 nitrogen and oxygen atoms in total. The minimum atomic E-state index is -0.426. The lowest BCUT2D eigenvalue weighted by Crippen LogP contribution is -2.17. The first-order valence-corrected chi connectivity index (χ1v) is 9.92. The van der Waals surface area contributed by atoms with Crippen LogP contribution in [0.1, 0.15) is 61.4 Å². The zero-order valence-electron chi connectivity index (χ0n) is 16.6. The molecule has 2 aliphatic heterocycles. The predicted octanol–water partition coefficient (Wildman–Crippen LogP) is 3.95. The van der Waals surface area contributed by atoms with E-state index in [1.807, 2.05) is 25.1 Å². The number of methoxy groups -OCH3 is 1. The number of cyclic esters (lactones) is 1. The third-order valence-corrected chi connectivity index (χ3v) is 4.87. The third-order valence-electron chi connectivity index (χ3n) is 4.87. The second kappa shape index (κ2) is 9.73. The van der Waals surface area contributed by atoms with Crippen molar-refractivity contribution in [3.8, 4) is 11.5 Å². The molecule has 1 saturated heterocycles. The molecule has 0 radical (unpaired) electrons. The van der Waals surface area contributed by atoms with Crippen molar-refractivity contribution in [1.82, 2.24) is 0 Å². The molecular formula is C22H28O6. The number of fused-ring (bicyclic) bond motifs is 1. The largest absolute Gasteiger partial charge is 0.496 e. The molecule has 0 bridgehead atoms. The van der Waals surface area contributed by atoms with E-state index >= 15 is 0 Å². The molecule has 28 heavy (non-hydrogen) atoms. The number of carbonyl (C=O) groups is 2. The Bertz CT molecular complexity index is 735. The normalized spacial score (nSPS) is 24.5. The highest BCUT2D eigenvalue weighted by molar-refractivity contribution is 5.97. The van der Waals surface area contributed by atoms with Crippen LogP contribution in [-0.2, 0) is 14.3 Å². The summed E-state index contributed by atoms with van der Waals surface area (Å²) in [4.78, 5) is 24.8. The number of allylic oxidation sites excluding steroid dienone is 1. The van der Waals surface area contributed by atoms with Crippen LogP contribution >= 0.6 is 0 Å². The fourth-order valence-electron chi connectivity index (χ4n) is 3.20. The molecule has 1 aromatic rings. The van der Waals surface area contributed by atoms with E-state index in [0.29, 0.717) is 55.1 Å². The number of Topliss-reactive ketones (excluding diaryl/α,β-unsaturated/α-hetero) is 1. The molecule has 0 N–H and O–H groups in total. The predicted molar refractivity (Wildman–Crippen MR) is 105 cm³/mol. The van der Waals surface area contributed by atoms with Gasteiger partial charge in [-0.3, -0.25) is 4.79 Å². The van der Waals surface area contributed by atoms with Gasteiger partial charge < -0.3 is 18.9 Å². The minimum Gasteiger partial charge on any atom is -0.496 e. The highest BCUT2D eigenvalue weighted by atomic mass is 16.6. The first-order valence-electron chi connectivity index (χ1n) is 9.92. The molecule has 152 valence electrons. The molecule has 0 saturated carbocycles. The molecule has 1 fully saturated rings. The molecule has 2 heterocycles. The molecule has 1 aromatic carbocycles. The van der Waals surface area contributed by atoms with E-state index in [9.17, 15) is 9.59 Å². The third kappa shape index (κ3) is 5.83. The Morgan fingerprint density at radius 3 is 2.71 bits per heavy atom. The summed E-state index contributed by atoms with van der Waals surface area (Å²) in [6.45, 7) is 3.03. The summed E-state index contributed by atoms with van der Waals surface area (Å²) in [5.74, 6) is 0.884. The smallest absolute Gasteiger partial charge is 0.342 e. The van der Waals surface area contributed by atoms with Gasteiger partial charge in [-0.2, -0.15) is 0 Å². The average Bonchev–Trinajstić information content (AvgIpc) is 3.49. The van der Waals surface area contributed by atoms with Crippen molar-refractivity contribution >= 4 is 17.8 Å². The van der Waals surface area contributed by atoms with Crippen LogP contribution in [0.15, 0.2) is 18.2 Å². The molecule has 0 amide bonds. The summed E-state index contributed by atoms with van der Waals surface area (Å²) < 4.78 is 22.1. The van der Waals surface area contributed by atoms with Gasteiger partial charge in [0.2, 0.25) is 0 Å². The summed E-state index contributed by atoms with van der Waals surface area (Å²) in [7, 11) is 1.53. The van der Waals surface area contributed by atoms with E-state index in [2.05, 4.69) is 0 Å². The molecule has 2 atom stereocenters. The summed E-state index contributed by atoms with van der Waals surface area (Å²) >= 11 is 0. The fourth-order valence-corrected chi connectivity index (χ4v) is 3.20. The number of esters is 1. The van der Waals surface area contributed by atoms with Crippen molar-refractivity contribution in [2.24, 2.45) is 0 Å². The lowest BCUT2D eigenvalue weighted by Gasteiger charge is -2.18. The van der Waals surface area contributed by atoms with E-state index in [-0.39, 0.29) is 18.0 Å². The minimum absolute atomic E-state index is 0.138. The van der Waals surface area contributed by atoms with E-state index in [4.69, 9.17) is 18.9 Å². The van der Waals surface area contributed by atoms with Crippen LogP contribution in [0.4, 0.5) is 0 Å². The van der Waals surface area contributed by atoms with Crippen molar-refractivity contribution in [2.45, 2.75) is 57.7 Å². The Hall–Kier alpha value is -2.34. The number of epoxide rings is 1. The number of benzene rings is 1. The Morgan fingerprint density at radius 1 is 1.18 bits per heavy atom. The van der Waals surface area contributed by atoms with E-state index in [0.717, 1.165) is 19.3 Å². The van der Waals surface area contributed by atoms with Crippen molar-refractivity contribution < 1.29 is 28.5 Å². The standard InChI is InChI=1S/C22H28O6/c1-15-7-6-10-17(23)9-5-3-4-8-16-11-18(26-13-19-14-27-19)12-20(25-2)21(16)22(24)28-15/h4,8,11-12,15,19H,3,5-7,9-10,13-14H2,1-2H3/b8-4+/t15-,19?/m0/s1. The topological polar surface area (TPSA) is 74.4 Å². The lowest BCUT2D eigenvalue weighted by atomic mass is 10.0. The number of hydrogen-bond acceptors (Lipinski definition) is 6. The van der Waals surface area contributed by atoms with Gasteiger partial charge in [0.15, 0.2) is 0 Å². The van der Waals surface area contributed by atoms with Crippen LogP contribution in [0.5, 0.6) is 11.5 Å². The number of hydrogen-bond donors (Lipinski definition) is 0. The summed E-state index contributed by atoms with van der Waals surface area (Å²) in [6, 6.07) is 3.53. The highest BCUT2D eigenvalue weighted by Gasteiger charge is 2.25. The average molecular weight is 388 g/mol. The summed E-state index contributed by atoms with van der Waals surface area (Å²) in [6.07, 6.45) is 7.79. The number of ketones is 1. The molecule has 6 heteroatoms. The Labute approximate surface area is 165 Å². The first kappa shape index (κ1) is 20.4. The van der Waals surface area contributed by atoms with Crippen molar-refractivity contribution in [3.05, 3.63) is 29.3 Å². The van der Waals surface area contributed by atoms with Gasteiger partial charge in [-0.15, -0.1) is 0 Å². The maximum absolute atomic E-state index is 12.9. The lowest BCUT2D eigenvalue weighted by molar-refractivity contribution is -0.119. The molecule has 0 aliphatic carbocycles. The van der Waals surface area contributed by atoms with Crippen LogP contribution in [0.25, 0.3) is 6.08 Å². The van der Waals surface area contributed by atoms with Gasteiger partial charge in [0.1, 0.15) is 35.6 Å². The molecule has 0 spiro atoms. The van der Waals surface area contributed by atoms with Gasteiger partial charge in [0, 0.05) is 18.9 Å². The van der Waals surface area contributed by atoms with E-state index in [1.165, 1.54) is 7.11 Å². The number of ether oxygens (including phenoxy) is 4. The Balaban J connectivity index is 1.89. The quantitative estimate of drug-likeness (QED) is 0.574. The Kier molecular flexibility index (Phi) is 7.09. The Morgan fingerprint density at radius 2 is 1.96 bits per heavy atom. The second-order valence-electron chi connectivity index (χ2n) is 7.30.